The van der Waals surface area contributed by atoms with Crippen LogP contribution in [0.25, 0.3) is 0 Å². The van der Waals surface area contributed by atoms with Crippen LogP contribution in [-0.4, -0.2) is 35.1 Å². The quantitative estimate of drug-likeness (QED) is 0.888. The second-order valence-corrected chi connectivity index (χ2v) is 7.36. The van der Waals surface area contributed by atoms with Crippen molar-refractivity contribution in [2.75, 3.05) is 5.32 Å². The predicted molar refractivity (Wildman–Crippen MR) is 94.8 cm³/mol. The van der Waals surface area contributed by atoms with E-state index in [2.05, 4.69) is 29.4 Å². The molecule has 1 unspecified atom stereocenters. The number of anilines is 1. The summed E-state index contributed by atoms with van der Waals surface area (Å²) in [6.07, 6.45) is 6.03. The average molecular weight is 315 g/mol. The number of carbonyl (C=O) groups excluding carboxylic acids is 1. The van der Waals surface area contributed by atoms with Crippen molar-refractivity contribution in [1.82, 2.24) is 10.2 Å². The lowest BCUT2D eigenvalue weighted by atomic mass is 9.81. The monoisotopic (exact) mass is 315 g/mol. The third-order valence-electron chi connectivity index (χ3n) is 5.36. The smallest absolute Gasteiger partial charge is 0.319 e. The second-order valence-electron chi connectivity index (χ2n) is 7.36. The van der Waals surface area contributed by atoms with Gasteiger partial charge in [-0.05, 0) is 58.1 Å². The second kappa shape index (κ2) is 6.91. The molecule has 2 fully saturated rings. The molecule has 3 rings (SSSR count). The largest absolute Gasteiger partial charge is 0.335 e. The van der Waals surface area contributed by atoms with E-state index < -0.39 is 0 Å². The molecule has 1 aromatic carbocycles. The van der Waals surface area contributed by atoms with Crippen LogP contribution in [0.1, 0.15) is 51.5 Å². The Balaban J connectivity index is 1.59. The van der Waals surface area contributed by atoms with Gasteiger partial charge in [-0.1, -0.05) is 24.6 Å². The molecule has 2 N–H and O–H groups in total. The molecule has 3 atom stereocenters. The normalized spacial score (nSPS) is 27.7. The molecule has 2 aliphatic rings. The number of amides is 2. The van der Waals surface area contributed by atoms with Gasteiger partial charge >= 0.3 is 6.03 Å². The number of rotatable bonds is 3. The molecule has 0 saturated carbocycles. The first kappa shape index (κ1) is 16.3. The molecule has 2 aliphatic heterocycles. The number of nitrogens with zero attached hydrogens (tertiary/aromatic N) is 1. The van der Waals surface area contributed by atoms with E-state index in [9.17, 15) is 4.79 Å². The molecule has 4 nitrogen and oxygen atoms in total. The van der Waals surface area contributed by atoms with E-state index in [4.69, 9.17) is 0 Å². The lowest BCUT2D eigenvalue weighted by Crippen LogP contribution is -2.59. The summed E-state index contributed by atoms with van der Waals surface area (Å²) in [6, 6.07) is 10.00. The molecule has 126 valence electrons. The maximum atomic E-state index is 12.3. The maximum absolute atomic E-state index is 12.3. The number of urea groups is 1. The van der Waals surface area contributed by atoms with E-state index in [1.54, 1.807) is 0 Å². The minimum atomic E-state index is -0.0691. The number of para-hydroxylation sites is 1. The molecule has 2 heterocycles. The molecule has 2 bridgehead atoms. The summed E-state index contributed by atoms with van der Waals surface area (Å²) in [4.78, 5) is 15.0. The summed E-state index contributed by atoms with van der Waals surface area (Å²) in [5.74, 6) is 0. The molecular weight excluding hydrogens is 286 g/mol. The Hall–Kier alpha value is -1.55. The van der Waals surface area contributed by atoms with Crippen molar-refractivity contribution in [2.24, 2.45) is 0 Å². The fraction of sp³-hybridized carbons (Fsp3) is 0.632. The molecular formula is C19H29N3O. The van der Waals surface area contributed by atoms with Gasteiger partial charge in [0.25, 0.3) is 0 Å². The van der Waals surface area contributed by atoms with Crippen molar-refractivity contribution in [3.05, 3.63) is 29.8 Å². The first-order valence-electron chi connectivity index (χ1n) is 8.95. The first-order chi connectivity index (χ1) is 11.0. The zero-order chi connectivity index (χ0) is 16.4. The summed E-state index contributed by atoms with van der Waals surface area (Å²) in [7, 11) is 0. The van der Waals surface area contributed by atoms with Crippen LogP contribution >= 0.6 is 0 Å². The van der Waals surface area contributed by atoms with E-state index >= 15 is 0 Å². The predicted octanol–water partition coefficient (Wildman–Crippen LogP) is 3.91. The van der Waals surface area contributed by atoms with Crippen LogP contribution in [0.15, 0.2) is 24.3 Å². The SMILES string of the molecule is Cc1ccccc1NC(=O)NC1C[C@H]2CCC[C@@H](C1)N2C(C)C. The highest BCUT2D eigenvalue weighted by Crippen LogP contribution is 2.35. The zero-order valence-corrected chi connectivity index (χ0v) is 14.5. The summed E-state index contributed by atoms with van der Waals surface area (Å²) in [6.45, 7) is 6.61. The lowest BCUT2D eigenvalue weighted by Gasteiger charge is -2.51. The van der Waals surface area contributed by atoms with E-state index in [-0.39, 0.29) is 6.03 Å². The summed E-state index contributed by atoms with van der Waals surface area (Å²) >= 11 is 0. The molecule has 1 aromatic rings. The molecule has 0 aliphatic carbocycles. The Morgan fingerprint density at radius 1 is 1.17 bits per heavy atom. The van der Waals surface area contributed by atoms with Crippen LogP contribution in [-0.2, 0) is 0 Å². The van der Waals surface area contributed by atoms with Gasteiger partial charge in [-0.3, -0.25) is 4.90 Å². The molecule has 23 heavy (non-hydrogen) atoms. The lowest BCUT2D eigenvalue weighted by molar-refractivity contribution is 0.00233. The molecule has 0 radical (unpaired) electrons. The standard InChI is InChI=1S/C19H29N3O/c1-13(2)22-16-8-6-9-17(22)12-15(11-16)20-19(23)21-18-10-5-4-7-14(18)3/h4-5,7,10,13,15-17H,6,8-9,11-12H2,1-3H3,(H2,20,21,23)/t15?,16-,17+. The van der Waals surface area contributed by atoms with E-state index in [1.165, 1.54) is 19.3 Å². The van der Waals surface area contributed by atoms with Crippen molar-refractivity contribution in [1.29, 1.82) is 0 Å². The van der Waals surface area contributed by atoms with Gasteiger partial charge in [-0.15, -0.1) is 0 Å². The van der Waals surface area contributed by atoms with Crippen LogP contribution in [0.3, 0.4) is 0 Å². The number of nitrogens with one attached hydrogen (secondary N) is 2. The molecule has 4 heteroatoms. The van der Waals surface area contributed by atoms with E-state index in [0.29, 0.717) is 24.2 Å². The Morgan fingerprint density at radius 2 is 1.83 bits per heavy atom. The number of carbonyl (C=O) groups is 1. The fourth-order valence-electron chi connectivity index (χ4n) is 4.44. The Kier molecular flexibility index (Phi) is 4.90. The molecule has 0 spiro atoms. The topological polar surface area (TPSA) is 44.4 Å². The van der Waals surface area contributed by atoms with Gasteiger partial charge < -0.3 is 10.6 Å². The van der Waals surface area contributed by atoms with Crippen molar-refractivity contribution >= 4 is 11.7 Å². The van der Waals surface area contributed by atoms with Crippen LogP contribution in [0.4, 0.5) is 10.5 Å². The summed E-state index contributed by atoms with van der Waals surface area (Å²) in [5.41, 5.74) is 1.99. The number of piperidine rings is 2. The van der Waals surface area contributed by atoms with Crippen LogP contribution in [0.2, 0.25) is 0 Å². The summed E-state index contributed by atoms with van der Waals surface area (Å²) < 4.78 is 0. The van der Waals surface area contributed by atoms with Crippen molar-refractivity contribution < 1.29 is 4.79 Å². The van der Waals surface area contributed by atoms with Gasteiger partial charge in [0.15, 0.2) is 0 Å². The van der Waals surface area contributed by atoms with Crippen molar-refractivity contribution in [3.63, 3.8) is 0 Å². The Bertz CT molecular complexity index is 543. The molecule has 2 saturated heterocycles. The van der Waals surface area contributed by atoms with Crippen LogP contribution in [0.5, 0.6) is 0 Å². The number of hydrogen-bond donors (Lipinski definition) is 2. The van der Waals surface area contributed by atoms with Crippen molar-refractivity contribution in [3.8, 4) is 0 Å². The van der Waals surface area contributed by atoms with Gasteiger partial charge in [-0.25, -0.2) is 4.79 Å². The van der Waals surface area contributed by atoms with Gasteiger partial charge in [0, 0.05) is 29.9 Å². The minimum Gasteiger partial charge on any atom is -0.335 e. The third kappa shape index (κ3) is 3.69. The third-order valence-corrected chi connectivity index (χ3v) is 5.36. The zero-order valence-electron chi connectivity index (χ0n) is 14.5. The maximum Gasteiger partial charge on any atom is 0.319 e. The van der Waals surface area contributed by atoms with Crippen molar-refractivity contribution in [2.45, 2.75) is 77.0 Å². The summed E-state index contributed by atoms with van der Waals surface area (Å²) in [5, 5.41) is 6.20. The van der Waals surface area contributed by atoms with Gasteiger partial charge in [0.2, 0.25) is 0 Å². The van der Waals surface area contributed by atoms with E-state index in [1.807, 2.05) is 31.2 Å². The number of benzene rings is 1. The number of fused-ring (bicyclic) bond motifs is 2. The fourth-order valence-corrected chi connectivity index (χ4v) is 4.44. The van der Waals surface area contributed by atoms with E-state index in [0.717, 1.165) is 24.1 Å². The van der Waals surface area contributed by atoms with Crippen LogP contribution < -0.4 is 10.6 Å². The Labute approximate surface area is 139 Å². The number of aryl methyl sites for hydroxylation is 1. The highest BCUT2D eigenvalue weighted by atomic mass is 16.2. The van der Waals surface area contributed by atoms with Gasteiger partial charge in [0.05, 0.1) is 0 Å². The molecule has 2 amide bonds. The van der Waals surface area contributed by atoms with Gasteiger partial charge in [-0.2, -0.15) is 0 Å². The van der Waals surface area contributed by atoms with Gasteiger partial charge in [0.1, 0.15) is 0 Å². The van der Waals surface area contributed by atoms with Crippen LogP contribution in [0, 0.1) is 6.92 Å². The first-order valence-corrected chi connectivity index (χ1v) is 8.95. The Morgan fingerprint density at radius 3 is 2.43 bits per heavy atom. The average Bonchev–Trinajstić information content (AvgIpc) is 2.48. The highest BCUT2D eigenvalue weighted by molar-refractivity contribution is 5.90. The highest BCUT2D eigenvalue weighted by Gasteiger charge is 2.39. The number of hydrogen-bond acceptors (Lipinski definition) is 2. The molecule has 0 aromatic heterocycles. The minimum absolute atomic E-state index is 0.0691.